The van der Waals surface area contributed by atoms with Gasteiger partial charge >= 0.3 is 0 Å². The molecule has 3 atom stereocenters. The number of likely N-dealkylation sites (tertiary alicyclic amines) is 1. The van der Waals surface area contributed by atoms with E-state index in [9.17, 15) is 9.50 Å². The zero-order valence-electron chi connectivity index (χ0n) is 21.2. The lowest BCUT2D eigenvalue weighted by atomic mass is 10.0. The minimum Gasteiger partial charge on any atom is -0.491 e. The molecule has 3 N–H and O–H groups in total. The number of hydrogen-bond donors (Lipinski definition) is 3. The van der Waals surface area contributed by atoms with Crippen molar-refractivity contribution in [3.63, 3.8) is 0 Å². The van der Waals surface area contributed by atoms with Crippen LogP contribution >= 0.6 is 23.2 Å². The number of aliphatic hydroxyl groups excluding tert-OH is 1. The molecular formula is C25H31Cl2FN6O3. The van der Waals surface area contributed by atoms with Crippen LogP contribution in [0.15, 0.2) is 22.7 Å². The summed E-state index contributed by atoms with van der Waals surface area (Å²) < 4.78 is 26.0. The normalized spacial score (nSPS) is 19.1. The Hall–Kier alpha value is -2.50. The number of benzene rings is 1. The van der Waals surface area contributed by atoms with E-state index in [4.69, 9.17) is 37.4 Å². The van der Waals surface area contributed by atoms with Gasteiger partial charge < -0.3 is 29.9 Å². The molecule has 1 aliphatic rings. The first-order chi connectivity index (χ1) is 17.7. The van der Waals surface area contributed by atoms with E-state index in [-0.39, 0.29) is 17.5 Å². The third-order valence-corrected chi connectivity index (χ3v) is 6.94. The van der Waals surface area contributed by atoms with Gasteiger partial charge in [-0.25, -0.2) is 14.4 Å². The summed E-state index contributed by atoms with van der Waals surface area (Å²) in [6, 6.07) is 4.61. The van der Waals surface area contributed by atoms with Crippen LogP contribution in [0.25, 0.3) is 22.6 Å². The Labute approximate surface area is 225 Å². The standard InChI is InChI=1S/C25H31Cl2FN6O3/c1-13-21(14(2)37-33-13)23-22(27)25(30-20-7-8-34(4)11-19(20)28)32-24(31-23)17-9-16(5-6-18(17)26)36-12-15(35)10-29-3/h5-6,9,15,19-20,29,35H,7-8,10-12H2,1-4H3,(H,30,31,32)/t15-,19-,20+/m1/s1. The largest absolute Gasteiger partial charge is 0.491 e. The predicted octanol–water partition coefficient (Wildman–Crippen LogP) is 4.14. The summed E-state index contributed by atoms with van der Waals surface area (Å²) in [7, 11) is 3.64. The number of ether oxygens (including phenoxy) is 1. The molecule has 0 aliphatic carbocycles. The number of aromatic nitrogens is 3. The highest BCUT2D eigenvalue weighted by molar-refractivity contribution is 6.35. The van der Waals surface area contributed by atoms with Gasteiger partial charge in [-0.05, 0) is 52.6 Å². The monoisotopic (exact) mass is 552 g/mol. The zero-order valence-corrected chi connectivity index (χ0v) is 22.7. The average Bonchev–Trinajstić information content (AvgIpc) is 3.19. The number of alkyl halides is 1. The van der Waals surface area contributed by atoms with Crippen molar-refractivity contribution in [2.45, 2.75) is 38.6 Å². The lowest BCUT2D eigenvalue weighted by molar-refractivity contribution is 0.108. The highest BCUT2D eigenvalue weighted by Crippen LogP contribution is 2.39. The maximum Gasteiger partial charge on any atom is 0.163 e. The van der Waals surface area contributed by atoms with Gasteiger partial charge in [-0.15, -0.1) is 0 Å². The number of anilines is 1. The van der Waals surface area contributed by atoms with Crippen molar-refractivity contribution < 1.29 is 18.8 Å². The van der Waals surface area contributed by atoms with Gasteiger partial charge in [0.1, 0.15) is 46.9 Å². The van der Waals surface area contributed by atoms with E-state index in [0.717, 1.165) is 6.54 Å². The molecule has 0 amide bonds. The summed E-state index contributed by atoms with van der Waals surface area (Å²) in [4.78, 5) is 11.3. The fourth-order valence-electron chi connectivity index (χ4n) is 4.30. The van der Waals surface area contributed by atoms with E-state index in [2.05, 4.69) is 20.8 Å². The number of rotatable bonds is 9. The molecule has 200 valence electrons. The van der Waals surface area contributed by atoms with Crippen LogP contribution in [0.1, 0.15) is 17.9 Å². The van der Waals surface area contributed by atoms with Crippen LogP contribution in [-0.4, -0.2) is 83.8 Å². The first kappa shape index (κ1) is 27.5. The van der Waals surface area contributed by atoms with E-state index in [1.54, 1.807) is 39.1 Å². The second kappa shape index (κ2) is 11.9. The highest BCUT2D eigenvalue weighted by Gasteiger charge is 2.30. The van der Waals surface area contributed by atoms with Crippen molar-refractivity contribution in [3.8, 4) is 28.4 Å². The summed E-state index contributed by atoms with van der Waals surface area (Å²) in [6.45, 7) is 5.11. The number of nitrogens with zero attached hydrogens (tertiary/aromatic N) is 4. The molecule has 12 heteroatoms. The summed E-state index contributed by atoms with van der Waals surface area (Å²) in [5, 5.41) is 20.8. The van der Waals surface area contributed by atoms with Crippen LogP contribution in [0.3, 0.4) is 0 Å². The Bertz CT molecular complexity index is 1220. The summed E-state index contributed by atoms with van der Waals surface area (Å²) in [5.74, 6) is 1.60. The average molecular weight is 553 g/mol. The number of aliphatic hydroxyl groups is 1. The smallest absolute Gasteiger partial charge is 0.163 e. The van der Waals surface area contributed by atoms with Crippen molar-refractivity contribution >= 4 is 29.0 Å². The summed E-state index contributed by atoms with van der Waals surface area (Å²) in [5.41, 5.74) is 2.14. The Kier molecular flexibility index (Phi) is 8.86. The first-order valence-corrected chi connectivity index (χ1v) is 12.8. The molecule has 2 aromatic heterocycles. The predicted molar refractivity (Wildman–Crippen MR) is 142 cm³/mol. The molecule has 0 unspecified atom stereocenters. The van der Waals surface area contributed by atoms with Crippen molar-refractivity contribution in [2.75, 3.05) is 45.7 Å². The number of piperidine rings is 1. The second-order valence-corrected chi connectivity index (χ2v) is 10.0. The van der Waals surface area contributed by atoms with Crippen LogP contribution < -0.4 is 15.4 Å². The number of hydrogen-bond acceptors (Lipinski definition) is 9. The van der Waals surface area contributed by atoms with Crippen LogP contribution in [0.4, 0.5) is 10.2 Å². The zero-order chi connectivity index (χ0) is 26.7. The van der Waals surface area contributed by atoms with Crippen molar-refractivity contribution in [3.05, 3.63) is 39.7 Å². The maximum atomic E-state index is 14.9. The minimum atomic E-state index is -1.10. The van der Waals surface area contributed by atoms with Crippen LogP contribution in [0.2, 0.25) is 10.0 Å². The molecule has 0 radical (unpaired) electrons. The minimum absolute atomic E-state index is 0.0918. The second-order valence-electron chi connectivity index (χ2n) is 9.24. The molecule has 0 bridgehead atoms. The fraction of sp³-hybridized carbons (Fsp3) is 0.480. The van der Waals surface area contributed by atoms with E-state index in [0.29, 0.717) is 64.4 Å². The van der Waals surface area contributed by atoms with Crippen molar-refractivity contribution in [1.82, 2.24) is 25.3 Å². The van der Waals surface area contributed by atoms with Crippen LogP contribution in [0.5, 0.6) is 5.75 Å². The van der Waals surface area contributed by atoms with Crippen molar-refractivity contribution in [1.29, 1.82) is 0 Å². The number of aryl methyl sites for hydroxylation is 2. The molecule has 0 spiro atoms. The lowest BCUT2D eigenvalue weighted by Gasteiger charge is -2.33. The highest BCUT2D eigenvalue weighted by atomic mass is 35.5. The Balaban J connectivity index is 1.76. The molecule has 1 fully saturated rings. The quantitative estimate of drug-likeness (QED) is 0.360. The molecule has 9 nitrogen and oxygen atoms in total. The molecule has 3 heterocycles. The van der Waals surface area contributed by atoms with E-state index >= 15 is 0 Å². The van der Waals surface area contributed by atoms with E-state index in [1.807, 2.05) is 11.9 Å². The summed E-state index contributed by atoms with van der Waals surface area (Å²) in [6.07, 6.45) is -1.19. The molecule has 3 aromatic rings. The van der Waals surface area contributed by atoms with Crippen LogP contribution in [-0.2, 0) is 0 Å². The molecule has 1 aliphatic heterocycles. The van der Waals surface area contributed by atoms with Gasteiger partial charge in [0.25, 0.3) is 0 Å². The third-order valence-electron chi connectivity index (χ3n) is 6.25. The SMILES string of the molecule is CNC[C@@H](O)COc1ccc(Cl)c(-c2nc(N[C@H]3CCN(C)C[C@H]3F)c(Cl)c(-c3c(C)noc3C)n2)c1. The van der Waals surface area contributed by atoms with Gasteiger partial charge in [0.05, 0.1) is 22.3 Å². The molecule has 1 saturated heterocycles. The molecule has 1 aromatic carbocycles. The van der Waals surface area contributed by atoms with Gasteiger partial charge in [0.2, 0.25) is 0 Å². The molecule has 4 rings (SSSR count). The Morgan fingerprint density at radius 2 is 2.08 bits per heavy atom. The maximum absolute atomic E-state index is 14.9. The molecule has 0 saturated carbocycles. The first-order valence-electron chi connectivity index (χ1n) is 12.0. The molecule has 37 heavy (non-hydrogen) atoms. The Morgan fingerprint density at radius 3 is 2.76 bits per heavy atom. The topological polar surface area (TPSA) is 109 Å². The van der Waals surface area contributed by atoms with Gasteiger partial charge in [-0.3, -0.25) is 0 Å². The van der Waals surface area contributed by atoms with Gasteiger partial charge in [-0.1, -0.05) is 28.4 Å². The number of halogens is 3. The van der Waals surface area contributed by atoms with Gasteiger partial charge in [0.15, 0.2) is 5.82 Å². The van der Waals surface area contributed by atoms with Gasteiger partial charge in [-0.2, -0.15) is 0 Å². The summed E-state index contributed by atoms with van der Waals surface area (Å²) >= 11 is 13.4. The van der Waals surface area contributed by atoms with Crippen LogP contribution in [0, 0.1) is 13.8 Å². The van der Waals surface area contributed by atoms with Gasteiger partial charge in [0, 0.05) is 25.2 Å². The third kappa shape index (κ3) is 6.32. The van der Waals surface area contributed by atoms with E-state index in [1.165, 1.54) is 0 Å². The lowest BCUT2D eigenvalue weighted by Crippen LogP contribution is -2.46. The van der Waals surface area contributed by atoms with E-state index < -0.39 is 18.3 Å². The van der Waals surface area contributed by atoms with Crippen molar-refractivity contribution in [2.24, 2.45) is 0 Å². The Morgan fingerprint density at radius 1 is 1.30 bits per heavy atom. The molecular weight excluding hydrogens is 522 g/mol. The number of nitrogens with one attached hydrogen (secondary N) is 2. The number of likely N-dealkylation sites (N-methyl/N-ethyl adjacent to an activating group) is 1. The fourth-order valence-corrected chi connectivity index (χ4v) is 4.73.